The van der Waals surface area contributed by atoms with Crippen molar-refractivity contribution in [1.29, 1.82) is 0 Å². The number of carbonyl (C=O) groups is 3. The first-order valence-electron chi connectivity index (χ1n) is 9.81. The van der Waals surface area contributed by atoms with Crippen molar-refractivity contribution in [1.82, 2.24) is 14.8 Å². The van der Waals surface area contributed by atoms with Gasteiger partial charge in [0, 0.05) is 29.5 Å². The van der Waals surface area contributed by atoms with Crippen LogP contribution < -0.4 is 10.4 Å². The molecular formula is C21H25ClN3O4-. The van der Waals surface area contributed by atoms with E-state index >= 15 is 0 Å². The molecule has 1 aromatic carbocycles. The van der Waals surface area contributed by atoms with Crippen LogP contribution in [0.2, 0.25) is 5.02 Å². The second-order valence-electron chi connectivity index (χ2n) is 7.64. The number of amides is 2. The maximum Gasteiger partial charge on any atom is 0.268 e. The van der Waals surface area contributed by atoms with Gasteiger partial charge in [0.15, 0.2) is 0 Å². The minimum Gasteiger partial charge on any atom is -0.548 e. The maximum absolute atomic E-state index is 13.1. The lowest BCUT2D eigenvalue weighted by Gasteiger charge is -2.32. The van der Waals surface area contributed by atoms with Crippen LogP contribution in [0.15, 0.2) is 24.3 Å². The Kier molecular flexibility index (Phi) is 6.17. The lowest BCUT2D eigenvalue weighted by Crippen LogP contribution is -2.56. The lowest BCUT2D eigenvalue weighted by molar-refractivity contribution is -0.310. The number of nitrogens with one attached hydrogen (secondary N) is 1. The number of benzene rings is 1. The van der Waals surface area contributed by atoms with Crippen LogP contribution in [-0.2, 0) is 16.6 Å². The predicted molar refractivity (Wildman–Crippen MR) is 108 cm³/mol. The van der Waals surface area contributed by atoms with Crippen molar-refractivity contribution in [3.8, 4) is 0 Å². The van der Waals surface area contributed by atoms with Gasteiger partial charge >= 0.3 is 0 Å². The summed E-state index contributed by atoms with van der Waals surface area (Å²) in [5, 5.41) is 15.6. The zero-order valence-electron chi connectivity index (χ0n) is 16.8. The zero-order valence-corrected chi connectivity index (χ0v) is 17.5. The SMILES string of the molecule is CC[C@@H](C)[C@H](NC(=O)c1cc2cc(Cl)ccc2n1C)C(=O)N1CCC[C@H]1C(=O)[O-]. The zero-order chi connectivity index (χ0) is 21.3. The molecule has 1 fully saturated rings. The Labute approximate surface area is 174 Å². The van der Waals surface area contributed by atoms with Crippen LogP contribution in [0.25, 0.3) is 10.9 Å². The molecule has 0 bridgehead atoms. The first-order valence-corrected chi connectivity index (χ1v) is 10.2. The molecule has 1 aliphatic heterocycles. The summed E-state index contributed by atoms with van der Waals surface area (Å²) < 4.78 is 1.75. The highest BCUT2D eigenvalue weighted by atomic mass is 35.5. The third kappa shape index (κ3) is 4.10. The van der Waals surface area contributed by atoms with Crippen molar-refractivity contribution in [2.24, 2.45) is 13.0 Å². The number of aliphatic carboxylic acids is 1. The minimum absolute atomic E-state index is 0.154. The van der Waals surface area contributed by atoms with E-state index in [1.54, 1.807) is 29.8 Å². The monoisotopic (exact) mass is 418 g/mol. The number of aryl methyl sites for hydroxylation is 1. The third-order valence-electron chi connectivity index (χ3n) is 5.81. The van der Waals surface area contributed by atoms with Crippen LogP contribution in [0.4, 0.5) is 0 Å². The normalized spacial score (nSPS) is 18.6. The summed E-state index contributed by atoms with van der Waals surface area (Å²) in [5.41, 5.74) is 1.25. The average molecular weight is 419 g/mol. The topological polar surface area (TPSA) is 94.5 Å². The highest BCUT2D eigenvalue weighted by molar-refractivity contribution is 6.31. The summed E-state index contributed by atoms with van der Waals surface area (Å²) in [7, 11) is 1.78. The van der Waals surface area contributed by atoms with Crippen LogP contribution >= 0.6 is 11.6 Å². The first kappa shape index (κ1) is 21.2. The van der Waals surface area contributed by atoms with E-state index in [9.17, 15) is 19.5 Å². The molecule has 0 spiro atoms. The fraction of sp³-hybridized carbons (Fsp3) is 0.476. The molecule has 8 heteroatoms. The van der Waals surface area contributed by atoms with Crippen molar-refractivity contribution in [3.63, 3.8) is 0 Å². The van der Waals surface area contributed by atoms with Gasteiger partial charge in [0.05, 0.1) is 12.0 Å². The number of carbonyl (C=O) groups excluding carboxylic acids is 3. The predicted octanol–water partition coefficient (Wildman–Crippen LogP) is 1.72. The third-order valence-corrected chi connectivity index (χ3v) is 6.05. The van der Waals surface area contributed by atoms with Gasteiger partial charge in [-0.2, -0.15) is 0 Å². The molecule has 2 heterocycles. The Morgan fingerprint density at radius 1 is 1.31 bits per heavy atom. The second-order valence-corrected chi connectivity index (χ2v) is 8.07. The number of rotatable bonds is 6. The molecule has 0 aliphatic carbocycles. The van der Waals surface area contributed by atoms with Crippen LogP contribution in [0.3, 0.4) is 0 Å². The summed E-state index contributed by atoms with van der Waals surface area (Å²) in [6.45, 7) is 4.15. The summed E-state index contributed by atoms with van der Waals surface area (Å²) in [6.07, 6.45) is 1.64. The Balaban J connectivity index is 1.87. The quantitative estimate of drug-likeness (QED) is 0.772. The molecule has 0 radical (unpaired) electrons. The number of likely N-dealkylation sites (tertiary alicyclic amines) is 1. The molecule has 1 aromatic heterocycles. The molecule has 7 nitrogen and oxygen atoms in total. The molecule has 0 unspecified atom stereocenters. The van der Waals surface area contributed by atoms with E-state index in [1.807, 2.05) is 19.9 Å². The van der Waals surface area contributed by atoms with Crippen LogP contribution in [0.5, 0.6) is 0 Å². The molecule has 0 saturated carbocycles. The van der Waals surface area contributed by atoms with E-state index < -0.39 is 18.1 Å². The molecule has 156 valence electrons. The Bertz CT molecular complexity index is 955. The molecule has 29 heavy (non-hydrogen) atoms. The van der Waals surface area contributed by atoms with Gasteiger partial charge in [-0.1, -0.05) is 31.9 Å². The van der Waals surface area contributed by atoms with Gasteiger partial charge in [0.25, 0.3) is 5.91 Å². The Morgan fingerprint density at radius 3 is 2.69 bits per heavy atom. The summed E-state index contributed by atoms with van der Waals surface area (Å²) >= 11 is 6.04. The van der Waals surface area contributed by atoms with Crippen LogP contribution in [0, 0.1) is 5.92 Å². The number of halogens is 1. The number of carboxylic acids is 1. The number of carboxylic acid groups (broad SMARTS) is 1. The van der Waals surface area contributed by atoms with Crippen LogP contribution in [0.1, 0.15) is 43.6 Å². The van der Waals surface area contributed by atoms with Crippen molar-refractivity contribution in [2.75, 3.05) is 6.54 Å². The highest BCUT2D eigenvalue weighted by Crippen LogP contribution is 2.24. The summed E-state index contributed by atoms with van der Waals surface area (Å²) in [5.74, 6) is -2.17. The van der Waals surface area contributed by atoms with Crippen molar-refractivity contribution >= 4 is 40.3 Å². The van der Waals surface area contributed by atoms with Gasteiger partial charge in [-0.3, -0.25) is 9.59 Å². The maximum atomic E-state index is 13.1. The molecule has 1 N–H and O–H groups in total. The van der Waals surface area contributed by atoms with E-state index in [0.717, 1.165) is 10.9 Å². The van der Waals surface area contributed by atoms with Crippen molar-refractivity contribution in [3.05, 3.63) is 35.0 Å². The molecular weight excluding hydrogens is 394 g/mol. The fourth-order valence-electron chi connectivity index (χ4n) is 3.89. The molecule has 1 saturated heterocycles. The van der Waals surface area contributed by atoms with Crippen molar-refractivity contribution < 1.29 is 19.5 Å². The minimum atomic E-state index is -1.25. The van der Waals surface area contributed by atoms with Gasteiger partial charge in [-0.15, -0.1) is 0 Å². The van der Waals surface area contributed by atoms with E-state index in [-0.39, 0.29) is 17.7 Å². The largest absolute Gasteiger partial charge is 0.548 e. The number of aromatic nitrogens is 1. The van der Waals surface area contributed by atoms with Gasteiger partial charge < -0.3 is 24.7 Å². The van der Waals surface area contributed by atoms with Gasteiger partial charge in [-0.05, 0) is 43.0 Å². The van der Waals surface area contributed by atoms with Gasteiger partial charge in [-0.25, -0.2) is 0 Å². The smallest absolute Gasteiger partial charge is 0.268 e. The molecule has 2 amide bonds. The number of hydrogen-bond acceptors (Lipinski definition) is 4. The second kappa shape index (κ2) is 8.45. The summed E-state index contributed by atoms with van der Waals surface area (Å²) in [4.78, 5) is 38.9. The Hall–Kier alpha value is -2.54. The first-order chi connectivity index (χ1) is 13.7. The molecule has 3 rings (SSSR count). The number of fused-ring (bicyclic) bond motifs is 1. The van der Waals surface area contributed by atoms with E-state index in [1.165, 1.54) is 4.90 Å². The fourth-order valence-corrected chi connectivity index (χ4v) is 4.07. The van der Waals surface area contributed by atoms with E-state index in [2.05, 4.69) is 5.32 Å². The molecule has 3 atom stereocenters. The summed E-state index contributed by atoms with van der Waals surface area (Å²) in [6, 6.07) is 5.35. The van der Waals surface area contributed by atoms with E-state index in [4.69, 9.17) is 11.6 Å². The lowest BCUT2D eigenvalue weighted by atomic mass is 9.97. The van der Waals surface area contributed by atoms with Crippen LogP contribution in [-0.4, -0.2) is 45.9 Å². The standard InChI is InChI=1S/C21H26ClN3O4/c1-4-12(2)18(20(27)25-9-5-6-16(25)21(28)29)23-19(26)17-11-13-10-14(22)7-8-15(13)24(17)3/h7-8,10-12,16,18H,4-6,9H2,1-3H3,(H,23,26)(H,28,29)/p-1/t12-,16+,18+/m1/s1. The van der Waals surface area contributed by atoms with Crippen molar-refractivity contribution in [2.45, 2.75) is 45.2 Å². The Morgan fingerprint density at radius 2 is 2.03 bits per heavy atom. The molecule has 1 aliphatic rings. The van der Waals surface area contributed by atoms with Gasteiger partial charge in [0.2, 0.25) is 5.91 Å². The van der Waals surface area contributed by atoms with Gasteiger partial charge in [0.1, 0.15) is 11.7 Å². The molecule has 2 aromatic rings. The van der Waals surface area contributed by atoms with E-state index in [0.29, 0.717) is 36.5 Å². The average Bonchev–Trinajstić information content (AvgIpc) is 3.30. The number of hydrogen-bond donors (Lipinski definition) is 1. The number of nitrogens with zero attached hydrogens (tertiary/aromatic N) is 2. The highest BCUT2D eigenvalue weighted by Gasteiger charge is 2.36.